The Morgan fingerprint density at radius 3 is 1.87 bits per heavy atom. The van der Waals surface area contributed by atoms with Gasteiger partial charge in [0.1, 0.15) is 48.8 Å². The van der Waals surface area contributed by atoms with Crippen molar-refractivity contribution >= 4 is 16.4 Å². The highest BCUT2D eigenvalue weighted by molar-refractivity contribution is 7.80. The Labute approximate surface area is 226 Å². The first-order chi connectivity index (χ1) is 18.4. The van der Waals surface area contributed by atoms with Gasteiger partial charge in [-0.1, -0.05) is 25.7 Å². The van der Waals surface area contributed by atoms with Crippen molar-refractivity contribution in [1.29, 1.82) is 0 Å². The SMILES string of the molecule is COC(=O)CCCCCCCCO[C@H]1O[C@H](CO)[C@@H](O[C@@H]2O[C@H](CO)[C@H](OS(=O)(=O)O)[C@H](O)[C@H]2O)[C@H](O)[C@H]1O. The zero-order valence-corrected chi connectivity index (χ0v) is 22.4. The summed E-state index contributed by atoms with van der Waals surface area (Å²) in [6, 6.07) is 0. The second kappa shape index (κ2) is 16.4. The molecule has 0 amide bonds. The second-order valence-corrected chi connectivity index (χ2v) is 10.4. The number of hydrogen-bond donors (Lipinski definition) is 7. The van der Waals surface area contributed by atoms with Crippen LogP contribution in [0.4, 0.5) is 0 Å². The normalized spacial score (nSPS) is 35.6. The maximum atomic E-state index is 11.1. The minimum Gasteiger partial charge on any atom is -0.469 e. The first-order valence-corrected chi connectivity index (χ1v) is 14.0. The summed E-state index contributed by atoms with van der Waals surface area (Å²) < 4.78 is 61.6. The Morgan fingerprint density at radius 2 is 1.28 bits per heavy atom. The van der Waals surface area contributed by atoms with Crippen molar-refractivity contribution in [2.24, 2.45) is 0 Å². The standard InChI is InChI=1S/C22H40O16S/c1-33-14(25)8-6-4-2-3-5-7-9-34-21-17(28)15(26)19(12(10-23)35-21)37-22-18(29)16(27)20(13(11-24)36-22)38-39(30,31)32/h12-13,15-24,26-29H,2-11H2,1H3,(H,30,31,32)/t12-,13-,15-,16-,17-,18-,19-,20+,21+,22+/m1/s1. The summed E-state index contributed by atoms with van der Waals surface area (Å²) in [5.41, 5.74) is 0. The monoisotopic (exact) mass is 592 g/mol. The van der Waals surface area contributed by atoms with Crippen molar-refractivity contribution < 1.29 is 76.3 Å². The van der Waals surface area contributed by atoms with Gasteiger partial charge in [0.05, 0.1) is 20.3 Å². The summed E-state index contributed by atoms with van der Waals surface area (Å²) in [6.45, 7) is -1.43. The molecule has 2 rings (SSSR count). The minimum atomic E-state index is -5.08. The van der Waals surface area contributed by atoms with Crippen molar-refractivity contribution in [3.63, 3.8) is 0 Å². The van der Waals surface area contributed by atoms with E-state index in [1.165, 1.54) is 7.11 Å². The second-order valence-electron chi connectivity index (χ2n) is 9.32. The van der Waals surface area contributed by atoms with Crippen LogP contribution in [0.3, 0.4) is 0 Å². The summed E-state index contributed by atoms with van der Waals surface area (Å²) >= 11 is 0. The van der Waals surface area contributed by atoms with Crippen LogP contribution in [0.25, 0.3) is 0 Å². The van der Waals surface area contributed by atoms with Crippen LogP contribution < -0.4 is 0 Å². The molecule has 0 radical (unpaired) electrons. The topological polar surface area (TPSA) is 248 Å². The molecule has 2 fully saturated rings. The number of rotatable bonds is 16. The fraction of sp³-hybridized carbons (Fsp3) is 0.955. The summed E-state index contributed by atoms with van der Waals surface area (Å²) in [5.74, 6) is -0.237. The van der Waals surface area contributed by atoms with Crippen molar-refractivity contribution in [3.05, 3.63) is 0 Å². The molecule has 0 aromatic carbocycles. The molecule has 230 valence electrons. The molecule has 39 heavy (non-hydrogen) atoms. The lowest BCUT2D eigenvalue weighted by Crippen LogP contribution is -2.65. The van der Waals surface area contributed by atoms with Gasteiger partial charge in [0.15, 0.2) is 12.6 Å². The summed E-state index contributed by atoms with van der Waals surface area (Å²) in [5, 5.41) is 61.0. The number of aliphatic hydroxyl groups excluding tert-OH is 6. The molecule has 17 heteroatoms. The Hall–Kier alpha value is -1.06. The van der Waals surface area contributed by atoms with Crippen molar-refractivity contribution in [1.82, 2.24) is 0 Å². The Kier molecular flexibility index (Phi) is 14.4. The van der Waals surface area contributed by atoms with Gasteiger partial charge in [-0.3, -0.25) is 9.35 Å². The molecule has 0 spiro atoms. The van der Waals surface area contributed by atoms with Gasteiger partial charge >= 0.3 is 16.4 Å². The van der Waals surface area contributed by atoms with Gasteiger partial charge in [-0.2, -0.15) is 8.42 Å². The molecule has 0 unspecified atom stereocenters. The molecule has 2 saturated heterocycles. The summed E-state index contributed by atoms with van der Waals surface area (Å²) in [4.78, 5) is 11.1. The quantitative estimate of drug-likeness (QED) is 0.0549. The third kappa shape index (κ3) is 10.4. The lowest BCUT2D eigenvalue weighted by molar-refractivity contribution is -0.358. The van der Waals surface area contributed by atoms with E-state index in [0.29, 0.717) is 12.8 Å². The van der Waals surface area contributed by atoms with Gasteiger partial charge in [-0.15, -0.1) is 0 Å². The van der Waals surface area contributed by atoms with Gasteiger partial charge in [0.2, 0.25) is 0 Å². The van der Waals surface area contributed by atoms with E-state index < -0.39 is 85.0 Å². The van der Waals surface area contributed by atoms with E-state index in [1.54, 1.807) is 0 Å². The van der Waals surface area contributed by atoms with E-state index in [2.05, 4.69) is 8.92 Å². The summed E-state index contributed by atoms with van der Waals surface area (Å²) in [6.07, 6.45) is -11.4. The van der Waals surface area contributed by atoms with Crippen LogP contribution in [-0.2, 0) is 43.1 Å². The van der Waals surface area contributed by atoms with E-state index in [0.717, 1.165) is 32.1 Å². The van der Waals surface area contributed by atoms with Crippen molar-refractivity contribution in [3.8, 4) is 0 Å². The van der Waals surface area contributed by atoms with Crippen LogP contribution in [0.1, 0.15) is 44.9 Å². The molecule has 0 bridgehead atoms. The van der Waals surface area contributed by atoms with Gasteiger partial charge in [0.25, 0.3) is 0 Å². The van der Waals surface area contributed by atoms with Gasteiger partial charge in [0, 0.05) is 13.0 Å². The lowest BCUT2D eigenvalue weighted by atomic mass is 9.97. The zero-order chi connectivity index (χ0) is 29.2. The third-order valence-corrected chi connectivity index (χ3v) is 6.92. The molecule has 2 aliphatic rings. The maximum Gasteiger partial charge on any atom is 0.397 e. The highest BCUT2D eigenvalue weighted by atomic mass is 32.3. The number of carbonyl (C=O) groups excluding carboxylic acids is 1. The Balaban J connectivity index is 1.85. The van der Waals surface area contributed by atoms with Crippen molar-refractivity contribution in [2.75, 3.05) is 26.9 Å². The van der Waals surface area contributed by atoms with Crippen LogP contribution in [0.15, 0.2) is 0 Å². The smallest absolute Gasteiger partial charge is 0.397 e. The molecule has 2 aliphatic heterocycles. The van der Waals surface area contributed by atoms with E-state index in [9.17, 15) is 43.9 Å². The molecule has 0 aromatic heterocycles. The minimum absolute atomic E-state index is 0.185. The average molecular weight is 593 g/mol. The number of esters is 1. The Morgan fingerprint density at radius 1 is 0.769 bits per heavy atom. The number of aliphatic hydroxyl groups is 6. The van der Waals surface area contributed by atoms with Gasteiger partial charge < -0.3 is 54.3 Å². The third-order valence-electron chi connectivity index (χ3n) is 6.45. The van der Waals surface area contributed by atoms with Crippen LogP contribution in [0.2, 0.25) is 0 Å². The van der Waals surface area contributed by atoms with Gasteiger partial charge in [-0.25, -0.2) is 4.18 Å². The number of unbranched alkanes of at least 4 members (excludes halogenated alkanes) is 5. The molecule has 0 aliphatic carbocycles. The van der Waals surface area contributed by atoms with Crippen LogP contribution in [-0.4, -0.2) is 138 Å². The number of carbonyl (C=O) groups is 1. The fourth-order valence-corrected chi connectivity index (χ4v) is 4.84. The molecule has 7 N–H and O–H groups in total. The first kappa shape index (κ1) is 34.1. The van der Waals surface area contributed by atoms with Crippen molar-refractivity contribution in [2.45, 2.75) is 106 Å². The highest BCUT2D eigenvalue weighted by Crippen LogP contribution is 2.30. The van der Waals surface area contributed by atoms with Gasteiger partial charge in [-0.05, 0) is 12.8 Å². The fourth-order valence-electron chi connectivity index (χ4n) is 4.32. The first-order valence-electron chi connectivity index (χ1n) is 12.7. The lowest BCUT2D eigenvalue weighted by Gasteiger charge is -2.46. The maximum absolute atomic E-state index is 11.1. The van der Waals surface area contributed by atoms with Crippen LogP contribution in [0, 0.1) is 0 Å². The molecule has 2 heterocycles. The predicted octanol–water partition coefficient (Wildman–Crippen LogP) is -2.64. The molecule has 0 aromatic rings. The van der Waals surface area contributed by atoms with E-state index in [-0.39, 0.29) is 12.6 Å². The number of hydrogen-bond acceptors (Lipinski definition) is 15. The van der Waals surface area contributed by atoms with Crippen LogP contribution in [0.5, 0.6) is 0 Å². The average Bonchev–Trinajstić information content (AvgIpc) is 2.89. The number of ether oxygens (including phenoxy) is 5. The molecule has 0 saturated carbocycles. The molecule has 16 nitrogen and oxygen atoms in total. The largest absolute Gasteiger partial charge is 0.469 e. The van der Waals surface area contributed by atoms with Crippen LogP contribution >= 0.6 is 0 Å². The molecular formula is C22H40O16S. The Bertz CT molecular complexity index is 823. The summed E-state index contributed by atoms with van der Waals surface area (Å²) in [7, 11) is -3.73. The molecular weight excluding hydrogens is 552 g/mol. The molecule has 10 atom stereocenters. The van der Waals surface area contributed by atoms with E-state index in [1.807, 2.05) is 0 Å². The predicted molar refractivity (Wildman–Crippen MR) is 127 cm³/mol. The number of methoxy groups -OCH3 is 1. The van der Waals surface area contributed by atoms with E-state index >= 15 is 0 Å². The van der Waals surface area contributed by atoms with E-state index in [4.69, 9.17) is 23.5 Å². The zero-order valence-electron chi connectivity index (χ0n) is 21.6. The highest BCUT2D eigenvalue weighted by Gasteiger charge is 2.52.